The van der Waals surface area contributed by atoms with Gasteiger partial charge in [0.1, 0.15) is 5.75 Å². The normalized spacial score (nSPS) is 14.7. The molecule has 0 saturated carbocycles. The van der Waals surface area contributed by atoms with Crippen LogP contribution in [-0.2, 0) is 4.79 Å². The minimum atomic E-state index is -0.632. The molecule has 5 heteroatoms. The van der Waals surface area contributed by atoms with Gasteiger partial charge in [-0.25, -0.2) is 0 Å². The molecule has 0 radical (unpaired) electrons. The second kappa shape index (κ2) is 11.5. The first-order chi connectivity index (χ1) is 16.6. The topological polar surface area (TPSA) is 58.6 Å². The van der Waals surface area contributed by atoms with Crippen LogP contribution in [0.3, 0.4) is 0 Å². The van der Waals surface area contributed by atoms with Crippen molar-refractivity contribution in [3.05, 3.63) is 84.4 Å². The molecule has 0 spiro atoms. The van der Waals surface area contributed by atoms with Crippen LogP contribution in [0.5, 0.6) is 5.75 Å². The number of amides is 2. The highest BCUT2D eigenvalue weighted by atomic mass is 16.5. The van der Waals surface area contributed by atoms with Gasteiger partial charge in [0, 0.05) is 24.3 Å². The van der Waals surface area contributed by atoms with Crippen LogP contribution in [-0.4, -0.2) is 35.9 Å². The Labute approximate surface area is 201 Å². The highest BCUT2D eigenvalue weighted by molar-refractivity contribution is 5.98. The molecule has 1 N–H and O–H groups in total. The first-order valence-electron chi connectivity index (χ1n) is 12.2. The Morgan fingerprint density at radius 1 is 0.853 bits per heavy atom. The van der Waals surface area contributed by atoms with Crippen LogP contribution >= 0.6 is 0 Å². The number of anilines is 1. The Kier molecular flexibility index (Phi) is 7.97. The summed E-state index contributed by atoms with van der Waals surface area (Å²) in [6, 6.07) is 25.1. The summed E-state index contributed by atoms with van der Waals surface area (Å²) >= 11 is 0. The van der Waals surface area contributed by atoms with Gasteiger partial charge in [-0.3, -0.25) is 9.59 Å². The molecule has 0 bridgehead atoms. The summed E-state index contributed by atoms with van der Waals surface area (Å²) in [5.74, 6) is 0.445. The molecule has 1 saturated heterocycles. The summed E-state index contributed by atoms with van der Waals surface area (Å²) < 4.78 is 5.99. The number of rotatable bonds is 7. The lowest BCUT2D eigenvalue weighted by Crippen LogP contribution is -2.33. The molecule has 1 atom stereocenters. The summed E-state index contributed by atoms with van der Waals surface area (Å²) in [5, 5.41) is 2.93. The van der Waals surface area contributed by atoms with E-state index in [4.69, 9.17) is 4.74 Å². The van der Waals surface area contributed by atoms with Crippen LogP contribution in [0.1, 0.15) is 49.4 Å². The van der Waals surface area contributed by atoms with E-state index in [1.807, 2.05) is 66.4 Å². The van der Waals surface area contributed by atoms with Crippen molar-refractivity contribution < 1.29 is 14.3 Å². The maximum Gasteiger partial charge on any atom is 0.265 e. The molecule has 3 aromatic carbocycles. The van der Waals surface area contributed by atoms with Crippen molar-refractivity contribution in [3.63, 3.8) is 0 Å². The first-order valence-corrected chi connectivity index (χ1v) is 12.2. The summed E-state index contributed by atoms with van der Waals surface area (Å²) in [7, 11) is 0. The van der Waals surface area contributed by atoms with Crippen LogP contribution in [0, 0.1) is 0 Å². The minimum Gasteiger partial charge on any atom is -0.481 e. The van der Waals surface area contributed by atoms with Crippen molar-refractivity contribution in [3.8, 4) is 16.9 Å². The molecule has 176 valence electrons. The van der Waals surface area contributed by atoms with Gasteiger partial charge in [0.15, 0.2) is 6.10 Å². The number of hydrogen-bond acceptors (Lipinski definition) is 3. The Morgan fingerprint density at radius 2 is 1.53 bits per heavy atom. The molecule has 1 aliphatic heterocycles. The Hall–Kier alpha value is -3.60. The molecular weight excluding hydrogens is 424 g/mol. The second-order valence-corrected chi connectivity index (χ2v) is 8.68. The van der Waals surface area contributed by atoms with Gasteiger partial charge in [0.05, 0.1) is 0 Å². The number of carbonyl (C=O) groups is 2. The van der Waals surface area contributed by atoms with Crippen LogP contribution < -0.4 is 10.1 Å². The van der Waals surface area contributed by atoms with Crippen molar-refractivity contribution in [1.82, 2.24) is 4.90 Å². The summed E-state index contributed by atoms with van der Waals surface area (Å²) in [6.45, 7) is 3.51. The number of nitrogens with one attached hydrogen (secondary N) is 1. The van der Waals surface area contributed by atoms with Crippen molar-refractivity contribution in [2.75, 3.05) is 18.4 Å². The third-order valence-electron chi connectivity index (χ3n) is 6.17. The van der Waals surface area contributed by atoms with E-state index in [9.17, 15) is 9.59 Å². The van der Waals surface area contributed by atoms with Crippen LogP contribution in [0.25, 0.3) is 11.1 Å². The molecule has 5 nitrogen and oxygen atoms in total. The highest BCUT2D eigenvalue weighted by Crippen LogP contribution is 2.23. The van der Waals surface area contributed by atoms with E-state index in [-0.39, 0.29) is 11.8 Å². The largest absolute Gasteiger partial charge is 0.481 e. The molecule has 1 unspecified atom stereocenters. The molecule has 1 fully saturated rings. The number of carbonyl (C=O) groups excluding carboxylic acids is 2. The first kappa shape index (κ1) is 23.6. The van der Waals surface area contributed by atoms with Crippen LogP contribution in [0.2, 0.25) is 0 Å². The van der Waals surface area contributed by atoms with Gasteiger partial charge in [0.25, 0.3) is 11.8 Å². The maximum absolute atomic E-state index is 12.9. The van der Waals surface area contributed by atoms with Gasteiger partial charge in [-0.15, -0.1) is 0 Å². The van der Waals surface area contributed by atoms with E-state index >= 15 is 0 Å². The van der Waals surface area contributed by atoms with Crippen LogP contribution in [0.15, 0.2) is 78.9 Å². The van der Waals surface area contributed by atoms with Crippen molar-refractivity contribution >= 4 is 17.5 Å². The Balaban J connectivity index is 1.39. The van der Waals surface area contributed by atoms with Gasteiger partial charge in [0.2, 0.25) is 0 Å². The predicted molar refractivity (Wildman–Crippen MR) is 136 cm³/mol. The fourth-order valence-corrected chi connectivity index (χ4v) is 4.25. The Morgan fingerprint density at radius 3 is 2.21 bits per heavy atom. The molecular formula is C29H32N2O3. The number of benzene rings is 3. The molecule has 0 aliphatic carbocycles. The molecule has 0 aromatic heterocycles. The molecule has 4 rings (SSSR count). The zero-order valence-corrected chi connectivity index (χ0v) is 19.7. The average Bonchev–Trinajstić information content (AvgIpc) is 3.17. The van der Waals surface area contributed by atoms with E-state index in [2.05, 4.69) is 17.4 Å². The lowest BCUT2D eigenvalue weighted by atomic mass is 10.1. The molecule has 2 amide bonds. The van der Waals surface area contributed by atoms with Gasteiger partial charge < -0.3 is 15.0 Å². The third kappa shape index (κ3) is 6.04. The SMILES string of the molecule is CCC(Oc1ccc(-c2ccccc2)cc1)C(=O)Nc1cccc(C(=O)N2CCCCCC2)c1. The number of hydrogen-bond donors (Lipinski definition) is 1. The van der Waals surface area contributed by atoms with E-state index in [0.29, 0.717) is 23.4 Å². The molecule has 34 heavy (non-hydrogen) atoms. The number of likely N-dealkylation sites (tertiary alicyclic amines) is 1. The minimum absolute atomic E-state index is 0.0276. The zero-order chi connectivity index (χ0) is 23.8. The fraction of sp³-hybridized carbons (Fsp3) is 0.310. The van der Waals surface area contributed by atoms with Gasteiger partial charge in [-0.05, 0) is 60.7 Å². The lowest BCUT2D eigenvalue weighted by molar-refractivity contribution is -0.122. The number of ether oxygens (including phenoxy) is 1. The Bertz CT molecular complexity index is 1090. The van der Waals surface area contributed by atoms with Crippen molar-refractivity contribution in [2.45, 2.75) is 45.1 Å². The summed E-state index contributed by atoms with van der Waals surface area (Å²) in [5.41, 5.74) is 3.43. The quantitative estimate of drug-likeness (QED) is 0.463. The second-order valence-electron chi connectivity index (χ2n) is 8.68. The molecule has 1 aliphatic rings. The van der Waals surface area contributed by atoms with Gasteiger partial charge in [-0.1, -0.05) is 68.3 Å². The van der Waals surface area contributed by atoms with E-state index in [1.165, 1.54) is 12.8 Å². The van der Waals surface area contributed by atoms with E-state index in [0.717, 1.165) is 37.1 Å². The van der Waals surface area contributed by atoms with Crippen LogP contribution in [0.4, 0.5) is 5.69 Å². The van der Waals surface area contributed by atoms with Gasteiger partial charge in [-0.2, -0.15) is 0 Å². The smallest absolute Gasteiger partial charge is 0.265 e. The third-order valence-corrected chi connectivity index (χ3v) is 6.17. The molecule has 3 aromatic rings. The highest BCUT2D eigenvalue weighted by Gasteiger charge is 2.21. The summed E-state index contributed by atoms with van der Waals surface area (Å²) in [4.78, 5) is 27.8. The fourth-order valence-electron chi connectivity index (χ4n) is 4.25. The zero-order valence-electron chi connectivity index (χ0n) is 19.7. The van der Waals surface area contributed by atoms with E-state index < -0.39 is 6.10 Å². The predicted octanol–water partition coefficient (Wildman–Crippen LogP) is 6.17. The molecule has 1 heterocycles. The van der Waals surface area contributed by atoms with E-state index in [1.54, 1.807) is 12.1 Å². The average molecular weight is 457 g/mol. The van der Waals surface area contributed by atoms with Crippen molar-refractivity contribution in [2.24, 2.45) is 0 Å². The lowest BCUT2D eigenvalue weighted by Gasteiger charge is -2.21. The van der Waals surface area contributed by atoms with Crippen molar-refractivity contribution in [1.29, 1.82) is 0 Å². The monoisotopic (exact) mass is 456 g/mol. The summed E-state index contributed by atoms with van der Waals surface area (Å²) in [6.07, 6.45) is 4.33. The maximum atomic E-state index is 12.9. The standard InChI is InChI=1S/C29H32N2O3/c1-2-27(34-26-17-15-23(16-18-26)22-11-6-5-7-12-22)28(32)30-25-14-10-13-24(21-25)29(33)31-19-8-3-4-9-20-31/h5-7,10-18,21,27H,2-4,8-9,19-20H2,1H3,(H,30,32). The van der Waals surface area contributed by atoms with Gasteiger partial charge >= 0.3 is 0 Å². The number of nitrogens with zero attached hydrogens (tertiary/aromatic N) is 1.